The molecule has 2 aromatic carbocycles. The average Bonchev–Trinajstić information content (AvgIpc) is 3.16. The quantitative estimate of drug-likeness (QED) is 0.193. The maximum atomic E-state index is 10.6. The molecule has 30 heavy (non-hydrogen) atoms. The molecule has 0 saturated heterocycles. The summed E-state index contributed by atoms with van der Waals surface area (Å²) in [6, 6.07) is 15.4. The molecular formula is C22H28IN3O3S. The van der Waals surface area contributed by atoms with Gasteiger partial charge in [-0.3, -0.25) is 0 Å². The summed E-state index contributed by atoms with van der Waals surface area (Å²) in [6.45, 7) is 5.85. The zero-order valence-corrected chi connectivity index (χ0v) is 20.2. The predicted molar refractivity (Wildman–Crippen MR) is 134 cm³/mol. The lowest BCUT2D eigenvalue weighted by Crippen LogP contribution is -2.39. The number of hydrogen-bond acceptors (Lipinski definition) is 5. The average molecular weight is 541 g/mol. The highest BCUT2D eigenvalue weighted by Gasteiger charge is 2.12. The van der Waals surface area contributed by atoms with E-state index in [0.717, 1.165) is 15.8 Å². The smallest absolute Gasteiger partial charge is 0.191 e. The van der Waals surface area contributed by atoms with Crippen molar-refractivity contribution in [3.8, 4) is 11.5 Å². The van der Waals surface area contributed by atoms with Gasteiger partial charge >= 0.3 is 0 Å². The van der Waals surface area contributed by atoms with Crippen LogP contribution in [-0.2, 0) is 6.54 Å². The third kappa shape index (κ3) is 6.48. The molecule has 162 valence electrons. The van der Waals surface area contributed by atoms with Crippen molar-refractivity contribution in [2.75, 3.05) is 19.7 Å². The molecule has 0 amide bonds. The Labute approximate surface area is 198 Å². The zero-order valence-electron chi connectivity index (χ0n) is 17.1. The fourth-order valence-corrected chi connectivity index (χ4v) is 3.95. The van der Waals surface area contributed by atoms with Gasteiger partial charge in [-0.25, -0.2) is 4.99 Å². The molecule has 3 aromatic rings. The molecule has 1 aromatic heterocycles. The van der Waals surface area contributed by atoms with Crippen LogP contribution in [0.2, 0.25) is 0 Å². The third-order valence-corrected chi connectivity index (χ3v) is 5.54. The van der Waals surface area contributed by atoms with Crippen LogP contribution in [0.5, 0.6) is 11.5 Å². The van der Waals surface area contributed by atoms with Crippen molar-refractivity contribution in [3.63, 3.8) is 0 Å². The second-order valence-electron chi connectivity index (χ2n) is 6.51. The summed E-state index contributed by atoms with van der Waals surface area (Å²) in [5, 5.41) is 27.9. The number of aliphatic imine (C=N–C) groups is 1. The van der Waals surface area contributed by atoms with E-state index < -0.39 is 6.10 Å². The molecule has 0 fully saturated rings. The molecule has 0 aliphatic carbocycles. The van der Waals surface area contributed by atoms with Crippen molar-refractivity contribution in [1.82, 2.24) is 10.6 Å². The van der Waals surface area contributed by atoms with Crippen LogP contribution in [0, 0.1) is 0 Å². The monoisotopic (exact) mass is 541 g/mol. The second-order valence-corrected chi connectivity index (χ2v) is 7.63. The summed E-state index contributed by atoms with van der Waals surface area (Å²) in [5.74, 6) is 1.20. The number of aliphatic hydroxyl groups is 1. The van der Waals surface area contributed by atoms with Gasteiger partial charge in [0, 0.05) is 22.7 Å². The number of aromatic hydroxyl groups is 1. The van der Waals surface area contributed by atoms with E-state index in [1.165, 1.54) is 4.70 Å². The Morgan fingerprint density at radius 2 is 1.93 bits per heavy atom. The van der Waals surface area contributed by atoms with Gasteiger partial charge in [0.1, 0.15) is 6.10 Å². The molecule has 1 unspecified atom stereocenters. The van der Waals surface area contributed by atoms with E-state index in [2.05, 4.69) is 27.8 Å². The molecule has 4 N–H and O–H groups in total. The molecule has 6 nitrogen and oxygen atoms in total. The number of halogens is 1. The summed E-state index contributed by atoms with van der Waals surface area (Å²) in [7, 11) is 0. The molecule has 0 aliphatic heterocycles. The van der Waals surface area contributed by atoms with Crippen LogP contribution in [0.4, 0.5) is 0 Å². The van der Waals surface area contributed by atoms with E-state index in [4.69, 9.17) is 4.74 Å². The molecule has 1 atom stereocenters. The minimum atomic E-state index is -0.616. The SMILES string of the molecule is CCNC(=NCc1ccc(O)c(OCC)c1)NCC(O)c1cc2ccccc2s1.I. The molecule has 3 rings (SSSR count). The predicted octanol–water partition coefficient (Wildman–Crippen LogP) is 4.41. The van der Waals surface area contributed by atoms with Crippen molar-refractivity contribution in [3.05, 3.63) is 59.0 Å². The Morgan fingerprint density at radius 3 is 2.67 bits per heavy atom. The molecule has 0 radical (unpaired) electrons. The first-order chi connectivity index (χ1) is 14.1. The maximum absolute atomic E-state index is 10.6. The number of guanidine groups is 1. The molecule has 0 aliphatic rings. The maximum Gasteiger partial charge on any atom is 0.191 e. The minimum absolute atomic E-state index is 0. The van der Waals surface area contributed by atoms with E-state index in [1.807, 2.05) is 38.1 Å². The van der Waals surface area contributed by atoms with E-state index in [-0.39, 0.29) is 29.7 Å². The highest BCUT2D eigenvalue weighted by atomic mass is 127. The van der Waals surface area contributed by atoms with Crippen LogP contribution in [-0.4, -0.2) is 35.9 Å². The fraction of sp³-hybridized carbons (Fsp3) is 0.318. The lowest BCUT2D eigenvalue weighted by Gasteiger charge is -2.14. The van der Waals surface area contributed by atoms with Crippen LogP contribution < -0.4 is 15.4 Å². The number of phenols is 1. The number of aliphatic hydroxyl groups excluding tert-OH is 1. The normalized spacial score (nSPS) is 12.3. The lowest BCUT2D eigenvalue weighted by atomic mass is 10.2. The first kappa shape index (κ1) is 24.2. The first-order valence-corrected chi connectivity index (χ1v) is 10.6. The lowest BCUT2D eigenvalue weighted by molar-refractivity contribution is 0.184. The van der Waals surface area contributed by atoms with Gasteiger partial charge in [-0.2, -0.15) is 0 Å². The number of ether oxygens (including phenoxy) is 1. The molecule has 8 heteroatoms. The number of nitrogens with one attached hydrogen (secondary N) is 2. The topological polar surface area (TPSA) is 86.1 Å². The van der Waals surface area contributed by atoms with E-state index in [0.29, 0.717) is 38.0 Å². The number of phenolic OH excluding ortho intramolecular Hbond substituents is 1. The fourth-order valence-electron chi connectivity index (χ4n) is 2.90. The van der Waals surface area contributed by atoms with Gasteiger partial charge in [0.25, 0.3) is 0 Å². The molecule has 0 saturated carbocycles. The van der Waals surface area contributed by atoms with Crippen LogP contribution in [0.15, 0.2) is 53.5 Å². The largest absolute Gasteiger partial charge is 0.504 e. The van der Waals surface area contributed by atoms with E-state index >= 15 is 0 Å². The highest BCUT2D eigenvalue weighted by Crippen LogP contribution is 2.29. The van der Waals surface area contributed by atoms with Gasteiger partial charge in [-0.1, -0.05) is 24.3 Å². The molecule has 1 heterocycles. The standard InChI is InChI=1S/C22H27N3O3S.HI/c1-3-23-22(24-13-15-9-10-17(26)19(11-15)28-4-2)25-14-18(27)21-12-16-7-5-6-8-20(16)29-21;/h5-12,18,26-27H,3-4,13-14H2,1-2H3,(H2,23,24,25);1H. The van der Waals surface area contributed by atoms with Gasteiger partial charge in [-0.05, 0) is 49.1 Å². The number of fused-ring (bicyclic) bond motifs is 1. The Kier molecular flexibility index (Phi) is 9.67. The second kappa shape index (κ2) is 12.0. The third-order valence-electron chi connectivity index (χ3n) is 4.32. The highest BCUT2D eigenvalue weighted by molar-refractivity contribution is 14.0. The number of benzene rings is 2. The zero-order chi connectivity index (χ0) is 20.6. The number of thiophene rings is 1. The Morgan fingerprint density at radius 1 is 1.13 bits per heavy atom. The molecule has 0 spiro atoms. The van der Waals surface area contributed by atoms with E-state index in [9.17, 15) is 10.2 Å². The summed E-state index contributed by atoms with van der Waals surface area (Å²) in [4.78, 5) is 5.50. The number of hydrogen-bond donors (Lipinski definition) is 4. The summed E-state index contributed by atoms with van der Waals surface area (Å²) >= 11 is 1.60. The van der Waals surface area contributed by atoms with Gasteiger partial charge in [-0.15, -0.1) is 35.3 Å². The van der Waals surface area contributed by atoms with E-state index in [1.54, 1.807) is 23.5 Å². The van der Waals surface area contributed by atoms with Crippen molar-refractivity contribution in [2.24, 2.45) is 4.99 Å². The van der Waals surface area contributed by atoms with Gasteiger partial charge in [0.15, 0.2) is 17.5 Å². The van der Waals surface area contributed by atoms with Crippen LogP contribution >= 0.6 is 35.3 Å². The summed E-state index contributed by atoms with van der Waals surface area (Å²) in [6.07, 6.45) is -0.616. The van der Waals surface area contributed by atoms with Crippen LogP contribution in [0.25, 0.3) is 10.1 Å². The summed E-state index contributed by atoms with van der Waals surface area (Å²) in [5.41, 5.74) is 0.925. The Bertz CT molecular complexity index is 944. The van der Waals surface area contributed by atoms with Crippen molar-refractivity contribution in [1.29, 1.82) is 0 Å². The molecular weight excluding hydrogens is 513 g/mol. The van der Waals surface area contributed by atoms with Crippen LogP contribution in [0.1, 0.15) is 30.4 Å². The number of rotatable bonds is 8. The van der Waals surface area contributed by atoms with Gasteiger partial charge < -0.3 is 25.6 Å². The Balaban J connectivity index is 0.00000320. The summed E-state index contributed by atoms with van der Waals surface area (Å²) < 4.78 is 6.59. The van der Waals surface area contributed by atoms with Crippen molar-refractivity contribution in [2.45, 2.75) is 26.5 Å². The Hall–Kier alpha value is -2.04. The first-order valence-electron chi connectivity index (χ1n) is 9.74. The van der Waals surface area contributed by atoms with Gasteiger partial charge in [0.05, 0.1) is 13.2 Å². The van der Waals surface area contributed by atoms with Gasteiger partial charge in [0.2, 0.25) is 0 Å². The van der Waals surface area contributed by atoms with Crippen LogP contribution in [0.3, 0.4) is 0 Å². The van der Waals surface area contributed by atoms with Crippen molar-refractivity contribution >= 4 is 51.4 Å². The molecule has 0 bridgehead atoms. The minimum Gasteiger partial charge on any atom is -0.504 e. The number of nitrogens with zero attached hydrogens (tertiary/aromatic N) is 1. The van der Waals surface area contributed by atoms with Crippen molar-refractivity contribution < 1.29 is 14.9 Å².